The highest BCUT2D eigenvalue weighted by Crippen LogP contribution is 2.27. The standard InChI is InChI=1S/C16H17NO4/c1-10-13(15(18)20-3)14(16(19)21-4)11(2)17(10)12-8-6-5-7-9-12/h5-9H,1-4H3. The molecule has 21 heavy (non-hydrogen) atoms. The average Bonchev–Trinajstić information content (AvgIpc) is 2.77. The minimum Gasteiger partial charge on any atom is -0.465 e. The Bertz CT molecular complexity index is 647. The molecule has 0 aliphatic rings. The highest BCUT2D eigenvalue weighted by atomic mass is 16.5. The van der Waals surface area contributed by atoms with E-state index in [0.717, 1.165) is 5.69 Å². The summed E-state index contributed by atoms with van der Waals surface area (Å²) < 4.78 is 11.4. The van der Waals surface area contributed by atoms with Crippen LogP contribution in [0, 0.1) is 13.8 Å². The number of benzene rings is 1. The van der Waals surface area contributed by atoms with E-state index in [1.54, 1.807) is 13.8 Å². The maximum absolute atomic E-state index is 12.0. The van der Waals surface area contributed by atoms with Gasteiger partial charge in [-0.05, 0) is 26.0 Å². The Morgan fingerprint density at radius 2 is 1.29 bits per heavy atom. The van der Waals surface area contributed by atoms with E-state index >= 15 is 0 Å². The van der Waals surface area contributed by atoms with Gasteiger partial charge >= 0.3 is 11.9 Å². The van der Waals surface area contributed by atoms with E-state index in [4.69, 9.17) is 9.47 Å². The molecule has 0 N–H and O–H groups in total. The van der Waals surface area contributed by atoms with E-state index in [1.165, 1.54) is 14.2 Å². The fourth-order valence-corrected chi connectivity index (χ4v) is 2.50. The third-order valence-corrected chi connectivity index (χ3v) is 3.44. The molecule has 2 rings (SSSR count). The van der Waals surface area contributed by atoms with Crippen LogP contribution in [0.5, 0.6) is 0 Å². The number of ether oxygens (including phenoxy) is 2. The van der Waals surface area contributed by atoms with E-state index in [9.17, 15) is 9.59 Å². The van der Waals surface area contributed by atoms with Crippen molar-refractivity contribution >= 4 is 11.9 Å². The summed E-state index contributed by atoms with van der Waals surface area (Å²) in [6.45, 7) is 3.55. The smallest absolute Gasteiger partial charge is 0.340 e. The van der Waals surface area contributed by atoms with Crippen LogP contribution < -0.4 is 0 Å². The number of aromatic nitrogens is 1. The molecule has 0 unspecified atom stereocenters. The van der Waals surface area contributed by atoms with Gasteiger partial charge < -0.3 is 14.0 Å². The van der Waals surface area contributed by atoms with Crippen LogP contribution in [0.4, 0.5) is 0 Å². The first kappa shape index (κ1) is 14.8. The molecule has 0 aliphatic heterocycles. The Labute approximate surface area is 123 Å². The first-order valence-electron chi connectivity index (χ1n) is 6.46. The predicted octanol–water partition coefficient (Wildman–Crippen LogP) is 2.67. The summed E-state index contributed by atoms with van der Waals surface area (Å²) in [7, 11) is 2.58. The number of hydrogen-bond acceptors (Lipinski definition) is 4. The van der Waals surface area contributed by atoms with Crippen molar-refractivity contribution in [3.8, 4) is 5.69 Å². The zero-order chi connectivity index (χ0) is 15.6. The van der Waals surface area contributed by atoms with Crippen molar-refractivity contribution in [2.75, 3.05) is 14.2 Å². The van der Waals surface area contributed by atoms with Gasteiger partial charge in [-0.2, -0.15) is 0 Å². The van der Waals surface area contributed by atoms with Gasteiger partial charge in [-0.25, -0.2) is 9.59 Å². The quantitative estimate of drug-likeness (QED) is 0.814. The van der Waals surface area contributed by atoms with Crippen LogP contribution in [0.1, 0.15) is 32.1 Å². The second kappa shape index (κ2) is 5.83. The van der Waals surface area contributed by atoms with Crippen LogP contribution in [0.25, 0.3) is 5.69 Å². The molecule has 0 amide bonds. The maximum atomic E-state index is 12.0. The zero-order valence-corrected chi connectivity index (χ0v) is 12.5. The number of para-hydroxylation sites is 1. The number of carbonyl (C=O) groups excluding carboxylic acids is 2. The number of methoxy groups -OCH3 is 2. The SMILES string of the molecule is COC(=O)c1c(C(=O)OC)c(C)n(-c2ccccc2)c1C. The summed E-state index contributed by atoms with van der Waals surface area (Å²) in [6, 6.07) is 9.50. The fourth-order valence-electron chi connectivity index (χ4n) is 2.50. The molecule has 1 heterocycles. The summed E-state index contributed by atoms with van der Waals surface area (Å²) in [4.78, 5) is 24.1. The molecule has 5 nitrogen and oxygen atoms in total. The van der Waals surface area contributed by atoms with Gasteiger partial charge in [-0.15, -0.1) is 0 Å². The van der Waals surface area contributed by atoms with Crippen LogP contribution in [0.15, 0.2) is 30.3 Å². The number of carbonyl (C=O) groups is 2. The first-order valence-corrected chi connectivity index (χ1v) is 6.46. The summed E-state index contributed by atoms with van der Waals surface area (Å²) in [5.41, 5.74) is 2.64. The molecule has 0 saturated carbocycles. The third kappa shape index (κ3) is 2.42. The zero-order valence-electron chi connectivity index (χ0n) is 12.5. The molecular formula is C16H17NO4. The minimum atomic E-state index is -0.550. The molecule has 5 heteroatoms. The summed E-state index contributed by atoms with van der Waals surface area (Å²) in [5.74, 6) is -1.10. The monoisotopic (exact) mass is 287 g/mol. The lowest BCUT2D eigenvalue weighted by Gasteiger charge is -2.09. The molecule has 1 aromatic carbocycles. The van der Waals surface area contributed by atoms with Crippen LogP contribution in [0.2, 0.25) is 0 Å². The molecule has 0 bridgehead atoms. The van der Waals surface area contributed by atoms with Crippen molar-refractivity contribution in [3.63, 3.8) is 0 Å². The van der Waals surface area contributed by atoms with E-state index < -0.39 is 11.9 Å². The van der Waals surface area contributed by atoms with E-state index in [1.807, 2.05) is 34.9 Å². The molecule has 0 aliphatic carbocycles. The highest BCUT2D eigenvalue weighted by molar-refractivity contribution is 6.05. The number of esters is 2. The van der Waals surface area contributed by atoms with Gasteiger partial charge in [-0.1, -0.05) is 18.2 Å². The molecule has 2 aromatic rings. The lowest BCUT2D eigenvalue weighted by Crippen LogP contribution is -2.11. The first-order chi connectivity index (χ1) is 10.0. The number of nitrogens with zero attached hydrogens (tertiary/aromatic N) is 1. The van der Waals surface area contributed by atoms with Gasteiger partial charge in [-0.3, -0.25) is 0 Å². The van der Waals surface area contributed by atoms with Crippen molar-refractivity contribution in [2.45, 2.75) is 13.8 Å². The van der Waals surface area contributed by atoms with Gasteiger partial charge in [0.2, 0.25) is 0 Å². The van der Waals surface area contributed by atoms with Crippen molar-refractivity contribution in [1.82, 2.24) is 4.57 Å². The Hall–Kier alpha value is -2.56. The largest absolute Gasteiger partial charge is 0.465 e. The highest BCUT2D eigenvalue weighted by Gasteiger charge is 2.29. The summed E-state index contributed by atoms with van der Waals surface area (Å²) in [5, 5.41) is 0. The van der Waals surface area contributed by atoms with Gasteiger partial charge in [0.1, 0.15) is 0 Å². The second-order valence-electron chi connectivity index (χ2n) is 4.57. The van der Waals surface area contributed by atoms with E-state index in [0.29, 0.717) is 11.4 Å². The van der Waals surface area contributed by atoms with Crippen LogP contribution in [0.3, 0.4) is 0 Å². The lowest BCUT2D eigenvalue weighted by atomic mass is 10.1. The molecule has 0 atom stereocenters. The van der Waals surface area contributed by atoms with Crippen molar-refractivity contribution in [2.24, 2.45) is 0 Å². The summed E-state index contributed by atoms with van der Waals surface area (Å²) >= 11 is 0. The van der Waals surface area contributed by atoms with Crippen molar-refractivity contribution in [3.05, 3.63) is 52.8 Å². The molecule has 1 aromatic heterocycles. The van der Waals surface area contributed by atoms with Gasteiger partial charge in [0.05, 0.1) is 25.3 Å². The van der Waals surface area contributed by atoms with E-state index in [2.05, 4.69) is 0 Å². The predicted molar refractivity (Wildman–Crippen MR) is 77.9 cm³/mol. The molecule has 0 fully saturated rings. The van der Waals surface area contributed by atoms with Crippen LogP contribution in [-0.4, -0.2) is 30.7 Å². The third-order valence-electron chi connectivity index (χ3n) is 3.44. The Kier molecular flexibility index (Phi) is 4.12. The Morgan fingerprint density at radius 3 is 1.67 bits per heavy atom. The van der Waals surface area contributed by atoms with Gasteiger partial charge in [0.25, 0.3) is 0 Å². The molecule has 0 radical (unpaired) electrons. The van der Waals surface area contributed by atoms with Crippen molar-refractivity contribution in [1.29, 1.82) is 0 Å². The fraction of sp³-hybridized carbons (Fsp3) is 0.250. The second-order valence-corrected chi connectivity index (χ2v) is 4.57. The van der Waals surface area contributed by atoms with Gasteiger partial charge in [0.15, 0.2) is 0 Å². The van der Waals surface area contributed by atoms with Gasteiger partial charge in [0, 0.05) is 17.1 Å². The topological polar surface area (TPSA) is 57.5 Å². The molecular weight excluding hydrogens is 270 g/mol. The lowest BCUT2D eigenvalue weighted by molar-refractivity contribution is 0.0555. The normalized spacial score (nSPS) is 10.3. The number of rotatable bonds is 3. The molecule has 110 valence electrons. The average molecular weight is 287 g/mol. The number of hydrogen-bond donors (Lipinski definition) is 0. The van der Waals surface area contributed by atoms with Crippen LogP contribution in [-0.2, 0) is 9.47 Å². The Balaban J connectivity index is 2.77. The molecule has 0 spiro atoms. The maximum Gasteiger partial charge on any atom is 0.340 e. The Morgan fingerprint density at radius 1 is 0.857 bits per heavy atom. The summed E-state index contributed by atoms with van der Waals surface area (Å²) in [6.07, 6.45) is 0. The van der Waals surface area contributed by atoms with Crippen molar-refractivity contribution < 1.29 is 19.1 Å². The van der Waals surface area contributed by atoms with Crippen LogP contribution >= 0.6 is 0 Å². The molecule has 0 saturated heterocycles. The van der Waals surface area contributed by atoms with E-state index in [-0.39, 0.29) is 11.1 Å². The minimum absolute atomic E-state index is 0.241.